The topological polar surface area (TPSA) is 95.1 Å². The molecule has 0 aromatic heterocycles. The summed E-state index contributed by atoms with van der Waals surface area (Å²) in [4.78, 5) is 25.7. The molecular weight excluding hydrogens is 388 g/mol. The maximum absolute atomic E-state index is 12.8. The van der Waals surface area contributed by atoms with Crippen LogP contribution >= 0.6 is 0 Å². The van der Waals surface area contributed by atoms with E-state index in [4.69, 9.17) is 18.9 Å². The standard InChI is InChI=1S/C22H16N2O6/c25-21(23-13-5-7-17-19(9-13)29-11-27-17)15-3-1-2-4-16(15)22(26)24-14-6-8-18-20(10-14)30-12-28-18/h1-10H,11-12H2,(H,23,25)(H,24,26). The summed E-state index contributed by atoms with van der Waals surface area (Å²) in [5, 5.41) is 5.58. The highest BCUT2D eigenvalue weighted by atomic mass is 16.7. The Morgan fingerprint density at radius 2 is 1.03 bits per heavy atom. The smallest absolute Gasteiger partial charge is 0.256 e. The average molecular weight is 404 g/mol. The lowest BCUT2D eigenvalue weighted by atomic mass is 10.1. The number of carbonyl (C=O) groups excluding carboxylic acids is 2. The van der Waals surface area contributed by atoms with Gasteiger partial charge in [-0.25, -0.2) is 0 Å². The van der Waals surface area contributed by atoms with Gasteiger partial charge in [0.25, 0.3) is 11.8 Å². The number of ether oxygens (including phenoxy) is 4. The maximum atomic E-state index is 12.8. The number of anilines is 2. The maximum Gasteiger partial charge on any atom is 0.256 e. The predicted octanol–water partition coefficient (Wildman–Crippen LogP) is 3.65. The van der Waals surface area contributed by atoms with Gasteiger partial charge in [-0.15, -0.1) is 0 Å². The van der Waals surface area contributed by atoms with Crippen LogP contribution in [-0.4, -0.2) is 25.4 Å². The number of hydrogen-bond donors (Lipinski definition) is 2. The third-order valence-corrected chi connectivity index (χ3v) is 4.68. The molecule has 0 atom stereocenters. The SMILES string of the molecule is O=C(Nc1ccc2c(c1)OCO2)c1ccccc1C(=O)Nc1ccc2c(c1)OCO2. The summed E-state index contributed by atoms with van der Waals surface area (Å²) in [5.74, 6) is 1.53. The first-order valence-corrected chi connectivity index (χ1v) is 9.18. The summed E-state index contributed by atoms with van der Waals surface area (Å²) >= 11 is 0. The highest BCUT2D eigenvalue weighted by Crippen LogP contribution is 2.35. The zero-order valence-corrected chi connectivity index (χ0v) is 15.6. The molecule has 0 spiro atoms. The molecule has 0 aliphatic carbocycles. The second-order valence-electron chi connectivity index (χ2n) is 6.59. The van der Waals surface area contributed by atoms with Crippen molar-refractivity contribution >= 4 is 23.2 Å². The minimum absolute atomic E-state index is 0.148. The molecule has 0 saturated carbocycles. The molecule has 0 radical (unpaired) electrons. The second kappa shape index (κ2) is 7.32. The quantitative estimate of drug-likeness (QED) is 0.689. The summed E-state index contributed by atoms with van der Waals surface area (Å²) in [6.45, 7) is 0.297. The molecule has 2 heterocycles. The van der Waals surface area contributed by atoms with Crippen LogP contribution in [0.3, 0.4) is 0 Å². The lowest BCUT2D eigenvalue weighted by molar-refractivity contribution is 0.0990. The lowest BCUT2D eigenvalue weighted by Gasteiger charge is -2.11. The highest BCUT2D eigenvalue weighted by molar-refractivity contribution is 6.15. The fourth-order valence-electron chi connectivity index (χ4n) is 3.22. The number of amides is 2. The zero-order valence-electron chi connectivity index (χ0n) is 15.6. The molecule has 2 amide bonds. The molecule has 0 unspecified atom stereocenters. The fraction of sp³-hybridized carbons (Fsp3) is 0.0909. The van der Waals surface area contributed by atoms with Crippen molar-refractivity contribution in [3.63, 3.8) is 0 Å². The zero-order chi connectivity index (χ0) is 20.5. The molecule has 8 heteroatoms. The average Bonchev–Trinajstić information content (AvgIpc) is 3.42. The Balaban J connectivity index is 1.35. The first-order chi connectivity index (χ1) is 14.7. The van der Waals surface area contributed by atoms with Crippen molar-refractivity contribution in [3.05, 3.63) is 71.8 Å². The third kappa shape index (κ3) is 3.35. The molecule has 3 aromatic carbocycles. The molecule has 0 saturated heterocycles. The number of fused-ring (bicyclic) bond motifs is 2. The van der Waals surface area contributed by atoms with Crippen molar-refractivity contribution in [3.8, 4) is 23.0 Å². The van der Waals surface area contributed by atoms with Gasteiger partial charge >= 0.3 is 0 Å². The molecule has 0 bridgehead atoms. The van der Waals surface area contributed by atoms with Gasteiger partial charge in [0.2, 0.25) is 13.6 Å². The number of benzene rings is 3. The normalized spacial score (nSPS) is 13.1. The van der Waals surface area contributed by atoms with Gasteiger partial charge in [-0.05, 0) is 36.4 Å². The van der Waals surface area contributed by atoms with Crippen LogP contribution in [0.4, 0.5) is 11.4 Å². The number of rotatable bonds is 4. The molecule has 2 aliphatic heterocycles. The van der Waals surface area contributed by atoms with Crippen molar-refractivity contribution in [2.24, 2.45) is 0 Å². The van der Waals surface area contributed by atoms with E-state index in [1.54, 1.807) is 60.7 Å². The molecule has 2 aliphatic rings. The van der Waals surface area contributed by atoms with Gasteiger partial charge in [-0.3, -0.25) is 9.59 Å². The van der Waals surface area contributed by atoms with E-state index in [-0.39, 0.29) is 24.7 Å². The Bertz CT molecular complexity index is 1070. The summed E-state index contributed by atoms with van der Waals surface area (Å²) in [5.41, 5.74) is 1.56. The Kier molecular flexibility index (Phi) is 4.36. The summed E-state index contributed by atoms with van der Waals surface area (Å²) in [7, 11) is 0. The predicted molar refractivity (Wildman–Crippen MR) is 107 cm³/mol. The van der Waals surface area contributed by atoms with E-state index in [2.05, 4.69) is 10.6 Å². The molecule has 150 valence electrons. The Hall–Kier alpha value is -4.20. The number of nitrogens with one attached hydrogen (secondary N) is 2. The Morgan fingerprint density at radius 3 is 1.50 bits per heavy atom. The van der Waals surface area contributed by atoms with Crippen LogP contribution in [0, 0.1) is 0 Å². The highest BCUT2D eigenvalue weighted by Gasteiger charge is 2.20. The third-order valence-electron chi connectivity index (χ3n) is 4.68. The molecule has 8 nitrogen and oxygen atoms in total. The van der Waals surface area contributed by atoms with Crippen molar-refractivity contribution in [1.82, 2.24) is 0 Å². The van der Waals surface area contributed by atoms with Crippen molar-refractivity contribution in [1.29, 1.82) is 0 Å². The van der Waals surface area contributed by atoms with E-state index in [1.807, 2.05) is 0 Å². The summed E-state index contributed by atoms with van der Waals surface area (Å²) in [6, 6.07) is 16.8. The Morgan fingerprint density at radius 1 is 0.600 bits per heavy atom. The van der Waals surface area contributed by atoms with Crippen LogP contribution < -0.4 is 29.6 Å². The molecule has 5 rings (SSSR count). The Labute approximate surface area is 171 Å². The minimum Gasteiger partial charge on any atom is -0.454 e. The van der Waals surface area contributed by atoms with Gasteiger partial charge in [0.05, 0.1) is 11.1 Å². The van der Waals surface area contributed by atoms with Crippen LogP contribution in [0.2, 0.25) is 0 Å². The first-order valence-electron chi connectivity index (χ1n) is 9.18. The molecule has 3 aromatic rings. The van der Waals surface area contributed by atoms with Gasteiger partial charge in [-0.1, -0.05) is 12.1 Å². The van der Waals surface area contributed by atoms with Crippen LogP contribution in [-0.2, 0) is 0 Å². The lowest BCUT2D eigenvalue weighted by Crippen LogP contribution is -2.20. The van der Waals surface area contributed by atoms with E-state index in [1.165, 1.54) is 0 Å². The van der Waals surface area contributed by atoms with E-state index in [0.717, 1.165) is 0 Å². The van der Waals surface area contributed by atoms with Crippen LogP contribution in [0.1, 0.15) is 20.7 Å². The van der Waals surface area contributed by atoms with Crippen LogP contribution in [0.15, 0.2) is 60.7 Å². The van der Waals surface area contributed by atoms with E-state index < -0.39 is 11.8 Å². The van der Waals surface area contributed by atoms with E-state index in [0.29, 0.717) is 34.4 Å². The van der Waals surface area contributed by atoms with Gasteiger partial charge in [0.1, 0.15) is 0 Å². The van der Waals surface area contributed by atoms with Gasteiger partial charge in [0, 0.05) is 23.5 Å². The van der Waals surface area contributed by atoms with Crippen LogP contribution in [0.5, 0.6) is 23.0 Å². The van der Waals surface area contributed by atoms with Crippen molar-refractivity contribution in [2.45, 2.75) is 0 Å². The first kappa shape index (κ1) is 17.9. The van der Waals surface area contributed by atoms with Gasteiger partial charge < -0.3 is 29.6 Å². The van der Waals surface area contributed by atoms with E-state index >= 15 is 0 Å². The largest absolute Gasteiger partial charge is 0.454 e. The summed E-state index contributed by atoms with van der Waals surface area (Å²) < 4.78 is 21.2. The van der Waals surface area contributed by atoms with Gasteiger partial charge in [0.15, 0.2) is 23.0 Å². The van der Waals surface area contributed by atoms with Crippen molar-refractivity contribution < 1.29 is 28.5 Å². The van der Waals surface area contributed by atoms with Crippen LogP contribution in [0.25, 0.3) is 0 Å². The monoisotopic (exact) mass is 404 g/mol. The summed E-state index contributed by atoms with van der Waals surface area (Å²) in [6.07, 6.45) is 0. The number of carbonyl (C=O) groups is 2. The number of hydrogen-bond acceptors (Lipinski definition) is 6. The minimum atomic E-state index is -0.412. The van der Waals surface area contributed by atoms with E-state index in [9.17, 15) is 9.59 Å². The molecule has 30 heavy (non-hydrogen) atoms. The fourth-order valence-corrected chi connectivity index (χ4v) is 3.22. The van der Waals surface area contributed by atoms with Gasteiger partial charge in [-0.2, -0.15) is 0 Å². The molecule has 2 N–H and O–H groups in total. The van der Waals surface area contributed by atoms with Crippen molar-refractivity contribution in [2.75, 3.05) is 24.2 Å². The molecular formula is C22H16N2O6. The molecule has 0 fully saturated rings. The second-order valence-corrected chi connectivity index (χ2v) is 6.59.